The summed E-state index contributed by atoms with van der Waals surface area (Å²) in [6, 6.07) is 1.97. The molecule has 0 fully saturated rings. The van der Waals surface area contributed by atoms with Gasteiger partial charge in [-0.15, -0.1) is 12.4 Å². The summed E-state index contributed by atoms with van der Waals surface area (Å²) >= 11 is 0. The van der Waals surface area contributed by atoms with Crippen molar-refractivity contribution in [2.24, 2.45) is 11.7 Å². The van der Waals surface area contributed by atoms with E-state index < -0.39 is 29.2 Å². The first-order valence-electron chi connectivity index (χ1n) is 5.40. The third-order valence-corrected chi connectivity index (χ3v) is 2.95. The van der Waals surface area contributed by atoms with E-state index >= 15 is 0 Å². The van der Waals surface area contributed by atoms with E-state index in [1.165, 1.54) is 0 Å². The molecule has 1 aromatic rings. The molecule has 104 valence electrons. The molecule has 0 aliphatic carbocycles. The van der Waals surface area contributed by atoms with Crippen LogP contribution < -0.4 is 5.73 Å². The fourth-order valence-electron chi connectivity index (χ4n) is 1.66. The quantitative estimate of drug-likeness (QED) is 0.823. The van der Waals surface area contributed by atoms with Crippen LogP contribution in [0.2, 0.25) is 0 Å². The Morgan fingerprint density at radius 2 is 1.83 bits per heavy atom. The number of rotatable bonds is 3. The Labute approximate surface area is 110 Å². The Morgan fingerprint density at radius 1 is 1.28 bits per heavy atom. The number of halogens is 5. The molecule has 1 aromatic carbocycles. The minimum absolute atomic E-state index is 0. The maximum absolute atomic E-state index is 13.5. The van der Waals surface area contributed by atoms with Gasteiger partial charge < -0.3 is 5.73 Å². The van der Waals surface area contributed by atoms with E-state index in [1.54, 1.807) is 13.8 Å². The van der Waals surface area contributed by atoms with Crippen molar-refractivity contribution in [2.45, 2.75) is 32.5 Å². The molecule has 18 heavy (non-hydrogen) atoms. The average molecular weight is 286 g/mol. The first-order valence-corrected chi connectivity index (χ1v) is 5.40. The van der Waals surface area contributed by atoms with Gasteiger partial charge in [0.05, 0.1) is 5.56 Å². The fourth-order valence-corrected chi connectivity index (χ4v) is 1.66. The van der Waals surface area contributed by atoms with Gasteiger partial charge in [-0.3, -0.25) is 0 Å². The van der Waals surface area contributed by atoms with Gasteiger partial charge in [0.1, 0.15) is 5.82 Å². The standard InChI is InChI=1S/C12H15F4N.ClH/c1-3-7(2)11(17)10-8(12(14,15)16)5-4-6-9(10)13;/h4-7,11H,3,17H2,1-2H3;1H/t7?,11-;/m1./s1. The Morgan fingerprint density at radius 3 is 2.28 bits per heavy atom. The Hall–Kier alpha value is -0.810. The molecule has 0 radical (unpaired) electrons. The largest absolute Gasteiger partial charge is 0.416 e. The van der Waals surface area contributed by atoms with Crippen molar-refractivity contribution >= 4 is 12.4 Å². The van der Waals surface area contributed by atoms with Gasteiger partial charge in [-0.1, -0.05) is 26.3 Å². The topological polar surface area (TPSA) is 26.0 Å². The zero-order valence-corrected chi connectivity index (χ0v) is 10.9. The lowest BCUT2D eigenvalue weighted by Crippen LogP contribution is -2.24. The van der Waals surface area contributed by atoms with E-state index in [0.29, 0.717) is 6.42 Å². The second-order valence-corrected chi connectivity index (χ2v) is 4.11. The minimum Gasteiger partial charge on any atom is -0.324 e. The number of nitrogens with two attached hydrogens (primary N) is 1. The highest BCUT2D eigenvalue weighted by Gasteiger charge is 2.36. The van der Waals surface area contributed by atoms with E-state index in [-0.39, 0.29) is 18.3 Å². The normalized spacial score (nSPS) is 14.8. The third kappa shape index (κ3) is 3.59. The molecule has 0 heterocycles. The summed E-state index contributed by atoms with van der Waals surface area (Å²) in [5.74, 6) is -1.11. The third-order valence-electron chi connectivity index (χ3n) is 2.95. The van der Waals surface area contributed by atoms with E-state index in [4.69, 9.17) is 5.73 Å². The predicted molar refractivity (Wildman–Crippen MR) is 65.0 cm³/mol. The van der Waals surface area contributed by atoms with Crippen molar-refractivity contribution < 1.29 is 17.6 Å². The fraction of sp³-hybridized carbons (Fsp3) is 0.500. The monoisotopic (exact) mass is 285 g/mol. The van der Waals surface area contributed by atoms with Crippen molar-refractivity contribution in [1.82, 2.24) is 0 Å². The summed E-state index contributed by atoms with van der Waals surface area (Å²) in [5.41, 5.74) is 4.29. The Kier molecular flexibility index (Phi) is 6.10. The molecule has 1 rings (SSSR count). The maximum Gasteiger partial charge on any atom is 0.416 e. The zero-order valence-electron chi connectivity index (χ0n) is 10.1. The second kappa shape index (κ2) is 6.38. The smallest absolute Gasteiger partial charge is 0.324 e. The summed E-state index contributed by atoms with van der Waals surface area (Å²) in [6.45, 7) is 3.51. The van der Waals surface area contributed by atoms with Crippen LogP contribution in [0.4, 0.5) is 17.6 Å². The Bertz CT molecular complexity index is 392. The van der Waals surface area contributed by atoms with Crippen LogP contribution in [0.25, 0.3) is 0 Å². The SMILES string of the molecule is CCC(C)[C@@H](N)c1c(F)cccc1C(F)(F)F.Cl. The highest BCUT2D eigenvalue weighted by atomic mass is 35.5. The van der Waals surface area contributed by atoms with Gasteiger partial charge in [0.25, 0.3) is 0 Å². The van der Waals surface area contributed by atoms with Crippen LogP contribution in [-0.2, 0) is 6.18 Å². The minimum atomic E-state index is -4.58. The summed E-state index contributed by atoms with van der Waals surface area (Å²) in [7, 11) is 0. The van der Waals surface area contributed by atoms with Gasteiger partial charge in [0.2, 0.25) is 0 Å². The zero-order chi connectivity index (χ0) is 13.2. The van der Waals surface area contributed by atoms with Gasteiger partial charge in [0.15, 0.2) is 0 Å². The second-order valence-electron chi connectivity index (χ2n) is 4.11. The van der Waals surface area contributed by atoms with Crippen molar-refractivity contribution in [3.63, 3.8) is 0 Å². The van der Waals surface area contributed by atoms with Crippen molar-refractivity contribution in [3.05, 3.63) is 35.1 Å². The molecule has 0 bridgehead atoms. The van der Waals surface area contributed by atoms with Gasteiger partial charge in [-0.25, -0.2) is 4.39 Å². The number of benzene rings is 1. The van der Waals surface area contributed by atoms with Gasteiger partial charge in [0, 0.05) is 11.6 Å². The van der Waals surface area contributed by atoms with Crippen LogP contribution >= 0.6 is 12.4 Å². The maximum atomic E-state index is 13.5. The van der Waals surface area contributed by atoms with Crippen LogP contribution in [0.15, 0.2) is 18.2 Å². The number of hydrogen-bond acceptors (Lipinski definition) is 1. The van der Waals surface area contributed by atoms with Crippen LogP contribution in [-0.4, -0.2) is 0 Å². The van der Waals surface area contributed by atoms with E-state index in [9.17, 15) is 17.6 Å². The van der Waals surface area contributed by atoms with Gasteiger partial charge >= 0.3 is 6.18 Å². The van der Waals surface area contributed by atoms with Gasteiger partial charge in [-0.2, -0.15) is 13.2 Å². The predicted octanol–water partition coefficient (Wildman–Crippen LogP) is 4.31. The Balaban J connectivity index is 0.00000289. The molecule has 0 saturated heterocycles. The van der Waals surface area contributed by atoms with E-state index in [2.05, 4.69) is 0 Å². The molecule has 0 aliphatic rings. The first kappa shape index (κ1) is 17.2. The molecular weight excluding hydrogens is 270 g/mol. The molecule has 0 saturated carbocycles. The van der Waals surface area contributed by atoms with Crippen LogP contribution in [0.1, 0.15) is 37.4 Å². The molecule has 1 nitrogen and oxygen atoms in total. The average Bonchev–Trinajstić information content (AvgIpc) is 2.25. The lowest BCUT2D eigenvalue weighted by atomic mass is 9.89. The molecule has 0 spiro atoms. The lowest BCUT2D eigenvalue weighted by molar-refractivity contribution is -0.138. The molecule has 0 amide bonds. The number of hydrogen-bond donors (Lipinski definition) is 1. The van der Waals surface area contributed by atoms with Crippen molar-refractivity contribution in [1.29, 1.82) is 0 Å². The molecule has 1 unspecified atom stereocenters. The highest BCUT2D eigenvalue weighted by Crippen LogP contribution is 2.37. The molecule has 6 heteroatoms. The van der Waals surface area contributed by atoms with Crippen LogP contribution in [0, 0.1) is 11.7 Å². The molecule has 0 aromatic heterocycles. The highest BCUT2D eigenvalue weighted by molar-refractivity contribution is 5.85. The summed E-state index contributed by atoms with van der Waals surface area (Å²) < 4.78 is 51.7. The van der Waals surface area contributed by atoms with E-state index in [0.717, 1.165) is 18.2 Å². The van der Waals surface area contributed by atoms with Crippen LogP contribution in [0.5, 0.6) is 0 Å². The molecule has 2 atom stereocenters. The molecular formula is C12H16ClF4N. The van der Waals surface area contributed by atoms with Crippen LogP contribution in [0.3, 0.4) is 0 Å². The first-order chi connectivity index (χ1) is 7.79. The summed E-state index contributed by atoms with van der Waals surface area (Å²) in [5, 5.41) is 0. The van der Waals surface area contributed by atoms with E-state index in [1.807, 2.05) is 0 Å². The molecule has 0 aliphatic heterocycles. The van der Waals surface area contributed by atoms with Crippen molar-refractivity contribution in [2.75, 3.05) is 0 Å². The van der Waals surface area contributed by atoms with Crippen molar-refractivity contribution in [3.8, 4) is 0 Å². The molecule has 2 N–H and O–H groups in total. The lowest BCUT2D eigenvalue weighted by Gasteiger charge is -2.23. The summed E-state index contributed by atoms with van der Waals surface area (Å²) in [6.07, 6.45) is -3.99. The number of alkyl halides is 3. The summed E-state index contributed by atoms with van der Waals surface area (Å²) in [4.78, 5) is 0. The van der Waals surface area contributed by atoms with Gasteiger partial charge in [-0.05, 0) is 18.1 Å².